The van der Waals surface area contributed by atoms with Crippen molar-refractivity contribution in [2.45, 2.75) is 32.3 Å². The molecule has 1 saturated heterocycles. The molecule has 0 radical (unpaired) electrons. The topological polar surface area (TPSA) is 66.8 Å². The Morgan fingerprint density at radius 3 is 2.73 bits per heavy atom. The van der Waals surface area contributed by atoms with Crippen LogP contribution in [0.3, 0.4) is 0 Å². The lowest BCUT2D eigenvalue weighted by Crippen LogP contribution is -2.50. The maximum absolute atomic E-state index is 11.5. The van der Waals surface area contributed by atoms with Crippen LogP contribution >= 0.6 is 0 Å². The van der Waals surface area contributed by atoms with Gasteiger partial charge in [0.25, 0.3) is 0 Å². The van der Waals surface area contributed by atoms with Crippen molar-refractivity contribution in [3.8, 4) is 0 Å². The van der Waals surface area contributed by atoms with Gasteiger partial charge in [0, 0.05) is 13.1 Å². The van der Waals surface area contributed by atoms with Crippen molar-refractivity contribution >= 4 is 11.9 Å². The Labute approximate surface area is 89.0 Å². The standard InChI is InChI=1S/C10H17NO4/c1-3-15-9(13)8(12)11-6-4-5-10(2,14)7-11/h14H,3-7H2,1-2H3. The number of nitrogens with zero attached hydrogens (tertiary/aromatic N) is 1. The van der Waals surface area contributed by atoms with E-state index >= 15 is 0 Å². The van der Waals surface area contributed by atoms with Crippen LogP contribution in [0.2, 0.25) is 0 Å². The highest BCUT2D eigenvalue weighted by Crippen LogP contribution is 2.20. The fourth-order valence-corrected chi connectivity index (χ4v) is 1.72. The Balaban J connectivity index is 2.56. The predicted molar refractivity (Wildman–Crippen MR) is 53.1 cm³/mol. The lowest BCUT2D eigenvalue weighted by atomic mass is 9.95. The summed E-state index contributed by atoms with van der Waals surface area (Å²) in [4.78, 5) is 24.0. The van der Waals surface area contributed by atoms with Gasteiger partial charge in [-0.3, -0.25) is 4.79 Å². The van der Waals surface area contributed by atoms with Gasteiger partial charge in [-0.25, -0.2) is 4.79 Å². The van der Waals surface area contributed by atoms with Gasteiger partial charge >= 0.3 is 11.9 Å². The van der Waals surface area contributed by atoms with Crippen LogP contribution in [-0.2, 0) is 14.3 Å². The molecule has 15 heavy (non-hydrogen) atoms. The Morgan fingerprint density at radius 1 is 1.53 bits per heavy atom. The second kappa shape index (κ2) is 4.61. The first-order valence-electron chi connectivity index (χ1n) is 5.14. The molecule has 1 N–H and O–H groups in total. The molecule has 1 atom stereocenters. The van der Waals surface area contributed by atoms with Gasteiger partial charge in [0.05, 0.1) is 12.2 Å². The summed E-state index contributed by atoms with van der Waals surface area (Å²) >= 11 is 0. The molecule has 1 aliphatic rings. The molecule has 1 rings (SSSR count). The average Bonchev–Trinajstić information content (AvgIpc) is 2.15. The van der Waals surface area contributed by atoms with Gasteiger partial charge in [-0.15, -0.1) is 0 Å². The fourth-order valence-electron chi connectivity index (χ4n) is 1.72. The summed E-state index contributed by atoms with van der Waals surface area (Å²) in [7, 11) is 0. The Bertz CT molecular complexity index is 262. The number of hydrogen-bond donors (Lipinski definition) is 1. The van der Waals surface area contributed by atoms with E-state index in [2.05, 4.69) is 4.74 Å². The zero-order chi connectivity index (χ0) is 11.5. The van der Waals surface area contributed by atoms with Gasteiger partial charge in [0.2, 0.25) is 0 Å². The van der Waals surface area contributed by atoms with Crippen LogP contribution in [-0.4, -0.2) is 47.2 Å². The van der Waals surface area contributed by atoms with E-state index in [1.165, 1.54) is 4.90 Å². The first-order valence-corrected chi connectivity index (χ1v) is 5.14. The number of rotatable bonds is 1. The molecule has 1 unspecified atom stereocenters. The van der Waals surface area contributed by atoms with Crippen molar-refractivity contribution < 1.29 is 19.4 Å². The van der Waals surface area contributed by atoms with Gasteiger partial charge in [-0.2, -0.15) is 0 Å². The summed E-state index contributed by atoms with van der Waals surface area (Å²) in [5.41, 5.74) is -0.888. The Kier molecular flexibility index (Phi) is 3.68. The van der Waals surface area contributed by atoms with E-state index in [1.54, 1.807) is 13.8 Å². The molecule has 0 aromatic rings. The molecular weight excluding hydrogens is 198 g/mol. The summed E-state index contributed by atoms with van der Waals surface area (Å²) in [6, 6.07) is 0. The van der Waals surface area contributed by atoms with E-state index in [0.717, 1.165) is 0 Å². The fraction of sp³-hybridized carbons (Fsp3) is 0.800. The lowest BCUT2D eigenvalue weighted by Gasteiger charge is -2.36. The number of esters is 1. The van der Waals surface area contributed by atoms with E-state index < -0.39 is 17.5 Å². The summed E-state index contributed by atoms with van der Waals surface area (Å²) in [6.45, 7) is 4.21. The highest BCUT2D eigenvalue weighted by atomic mass is 16.5. The van der Waals surface area contributed by atoms with E-state index in [1.807, 2.05) is 0 Å². The van der Waals surface area contributed by atoms with Crippen molar-refractivity contribution in [2.24, 2.45) is 0 Å². The van der Waals surface area contributed by atoms with Gasteiger partial charge in [0.15, 0.2) is 0 Å². The van der Waals surface area contributed by atoms with E-state index in [4.69, 9.17) is 0 Å². The third-order valence-electron chi connectivity index (χ3n) is 2.41. The molecular formula is C10H17NO4. The molecule has 1 amide bonds. The van der Waals surface area contributed by atoms with Gasteiger partial charge in [-0.1, -0.05) is 0 Å². The maximum atomic E-state index is 11.5. The van der Waals surface area contributed by atoms with Crippen LogP contribution in [0.1, 0.15) is 26.7 Å². The third kappa shape index (κ3) is 3.20. The van der Waals surface area contributed by atoms with Crippen molar-refractivity contribution in [3.05, 3.63) is 0 Å². The molecule has 0 spiro atoms. The number of hydrogen-bond acceptors (Lipinski definition) is 4. The molecule has 5 nitrogen and oxygen atoms in total. The number of amides is 1. The van der Waals surface area contributed by atoms with Crippen LogP contribution < -0.4 is 0 Å². The van der Waals surface area contributed by atoms with Crippen LogP contribution in [0.4, 0.5) is 0 Å². The van der Waals surface area contributed by atoms with Crippen LogP contribution in [0, 0.1) is 0 Å². The van der Waals surface area contributed by atoms with E-state index in [9.17, 15) is 14.7 Å². The Hall–Kier alpha value is -1.10. The number of carbonyl (C=O) groups is 2. The minimum absolute atomic E-state index is 0.189. The maximum Gasteiger partial charge on any atom is 0.397 e. The molecule has 0 aromatic carbocycles. The van der Waals surface area contributed by atoms with Gasteiger partial charge in [-0.05, 0) is 26.7 Å². The smallest absolute Gasteiger partial charge is 0.397 e. The molecule has 1 heterocycles. The number of ether oxygens (including phenoxy) is 1. The number of carbonyl (C=O) groups excluding carboxylic acids is 2. The molecule has 0 aromatic heterocycles. The van der Waals surface area contributed by atoms with Crippen LogP contribution in [0.25, 0.3) is 0 Å². The second-order valence-corrected chi connectivity index (χ2v) is 4.05. The van der Waals surface area contributed by atoms with Crippen LogP contribution in [0.5, 0.6) is 0 Å². The quantitative estimate of drug-likeness (QED) is 0.491. The van der Waals surface area contributed by atoms with Crippen molar-refractivity contribution in [1.82, 2.24) is 4.90 Å². The first kappa shape index (κ1) is 12.0. The van der Waals surface area contributed by atoms with Gasteiger partial charge in [0.1, 0.15) is 0 Å². The third-order valence-corrected chi connectivity index (χ3v) is 2.41. The number of aliphatic hydroxyl groups is 1. The average molecular weight is 215 g/mol. The second-order valence-electron chi connectivity index (χ2n) is 4.05. The van der Waals surface area contributed by atoms with E-state index in [-0.39, 0.29) is 13.2 Å². The highest BCUT2D eigenvalue weighted by Gasteiger charge is 2.33. The zero-order valence-electron chi connectivity index (χ0n) is 9.15. The number of likely N-dealkylation sites (tertiary alicyclic amines) is 1. The number of piperidine rings is 1. The monoisotopic (exact) mass is 215 g/mol. The summed E-state index contributed by atoms with van der Waals surface area (Å²) in [5, 5.41) is 9.76. The minimum atomic E-state index is -0.888. The molecule has 0 bridgehead atoms. The zero-order valence-corrected chi connectivity index (χ0v) is 9.15. The summed E-state index contributed by atoms with van der Waals surface area (Å²) in [5.74, 6) is -1.49. The largest absolute Gasteiger partial charge is 0.459 e. The summed E-state index contributed by atoms with van der Waals surface area (Å²) in [6.07, 6.45) is 1.36. The summed E-state index contributed by atoms with van der Waals surface area (Å²) < 4.78 is 4.61. The normalized spacial score (nSPS) is 26.2. The molecule has 5 heteroatoms. The predicted octanol–water partition coefficient (Wildman–Crippen LogP) is -0.0771. The molecule has 1 fully saturated rings. The van der Waals surface area contributed by atoms with Crippen LogP contribution in [0.15, 0.2) is 0 Å². The molecule has 0 aliphatic carbocycles. The van der Waals surface area contributed by atoms with Crippen molar-refractivity contribution in [3.63, 3.8) is 0 Å². The first-order chi connectivity index (χ1) is 6.96. The molecule has 0 saturated carbocycles. The van der Waals surface area contributed by atoms with Gasteiger partial charge < -0.3 is 14.7 Å². The minimum Gasteiger partial charge on any atom is -0.459 e. The number of β-amino-alcohol motifs (C(OH)–C–C–N with tert-alkyl or cyclic N) is 1. The Morgan fingerprint density at radius 2 is 2.20 bits per heavy atom. The highest BCUT2D eigenvalue weighted by molar-refractivity contribution is 6.32. The van der Waals surface area contributed by atoms with Crippen molar-refractivity contribution in [2.75, 3.05) is 19.7 Å². The van der Waals surface area contributed by atoms with E-state index in [0.29, 0.717) is 19.4 Å². The molecule has 1 aliphatic heterocycles. The molecule has 86 valence electrons. The SMILES string of the molecule is CCOC(=O)C(=O)N1CCCC(C)(O)C1. The van der Waals surface area contributed by atoms with Crippen molar-refractivity contribution in [1.29, 1.82) is 0 Å². The lowest BCUT2D eigenvalue weighted by molar-refractivity contribution is -0.162.